The summed E-state index contributed by atoms with van der Waals surface area (Å²) in [7, 11) is 0. The van der Waals surface area contributed by atoms with Crippen LogP contribution in [0.15, 0.2) is 18.3 Å². The second-order valence-electron chi connectivity index (χ2n) is 1.45. The van der Waals surface area contributed by atoms with Gasteiger partial charge >= 0.3 is 0 Å². The molecule has 1 aromatic rings. The molecule has 0 amide bonds. The number of thiol groups is 1. The average molecular weight is 124 g/mol. The van der Waals surface area contributed by atoms with E-state index in [1.54, 1.807) is 12.3 Å². The van der Waals surface area contributed by atoms with Crippen LogP contribution in [0.2, 0.25) is 0 Å². The molecule has 1 rings (SSSR count). The highest BCUT2D eigenvalue weighted by atomic mass is 32.1. The van der Waals surface area contributed by atoms with E-state index in [9.17, 15) is 0 Å². The molecule has 1 radical (unpaired) electrons. The van der Waals surface area contributed by atoms with Crippen LogP contribution in [0.3, 0.4) is 0 Å². The van der Waals surface area contributed by atoms with E-state index in [1.165, 1.54) is 0 Å². The zero-order chi connectivity index (χ0) is 5.82. The van der Waals surface area contributed by atoms with Gasteiger partial charge in [-0.2, -0.15) is 12.6 Å². The van der Waals surface area contributed by atoms with Gasteiger partial charge in [-0.05, 0) is 11.6 Å². The Kier molecular flexibility index (Phi) is 1.92. The summed E-state index contributed by atoms with van der Waals surface area (Å²) >= 11 is 4.06. The third kappa shape index (κ3) is 1.23. The quantitative estimate of drug-likeness (QED) is 0.557. The summed E-state index contributed by atoms with van der Waals surface area (Å²) in [6, 6.07) is 3.73. The maximum Gasteiger partial charge on any atom is 0.0886 e. The van der Waals surface area contributed by atoms with Gasteiger partial charge in [-0.1, -0.05) is 6.07 Å². The first-order valence-corrected chi connectivity index (χ1v) is 2.98. The van der Waals surface area contributed by atoms with E-state index in [2.05, 4.69) is 23.8 Å². The molecule has 0 N–H and O–H groups in total. The van der Waals surface area contributed by atoms with Crippen molar-refractivity contribution in [2.24, 2.45) is 0 Å². The summed E-state index contributed by atoms with van der Waals surface area (Å²) in [5.74, 6) is 0.752. The van der Waals surface area contributed by atoms with Gasteiger partial charge in [-0.15, -0.1) is 0 Å². The molecule has 0 aliphatic heterocycles. The average Bonchev–Trinajstić information content (AvgIpc) is 1.90. The first-order chi connectivity index (χ1) is 3.93. The summed E-state index contributed by atoms with van der Waals surface area (Å²) in [6.45, 7) is 0. The summed E-state index contributed by atoms with van der Waals surface area (Å²) in [5, 5.41) is 0. The molecular formula is C6H6NS. The topological polar surface area (TPSA) is 12.9 Å². The van der Waals surface area contributed by atoms with Crippen LogP contribution in [0.1, 0.15) is 5.56 Å². The first kappa shape index (κ1) is 5.63. The summed E-state index contributed by atoms with van der Waals surface area (Å²) < 4.78 is 0. The minimum Gasteiger partial charge on any atom is -0.254 e. The van der Waals surface area contributed by atoms with Gasteiger partial charge in [0.2, 0.25) is 0 Å². The maximum atomic E-state index is 4.06. The van der Waals surface area contributed by atoms with Crippen LogP contribution >= 0.6 is 12.6 Å². The lowest BCUT2D eigenvalue weighted by molar-refractivity contribution is 1.24. The second kappa shape index (κ2) is 2.72. The molecule has 0 unspecified atom stereocenters. The zero-order valence-electron chi connectivity index (χ0n) is 4.33. The lowest BCUT2D eigenvalue weighted by Crippen LogP contribution is -1.76. The smallest absolute Gasteiger partial charge is 0.0886 e. The van der Waals surface area contributed by atoms with Crippen molar-refractivity contribution >= 4 is 12.6 Å². The van der Waals surface area contributed by atoms with Crippen LogP contribution in [-0.4, -0.2) is 4.98 Å². The van der Waals surface area contributed by atoms with Gasteiger partial charge in [0.15, 0.2) is 0 Å². The standard InChI is InChI=1S/C6H6NS/c8-5-6-2-1-3-7-4-6/h1-2,4,8H,5H2. The van der Waals surface area contributed by atoms with Crippen molar-refractivity contribution in [3.63, 3.8) is 0 Å². The molecule has 8 heavy (non-hydrogen) atoms. The SMILES string of the molecule is SCc1cc[c]nc1. The van der Waals surface area contributed by atoms with E-state index in [0.29, 0.717) is 0 Å². The first-order valence-electron chi connectivity index (χ1n) is 2.35. The number of nitrogens with zero attached hydrogens (tertiary/aromatic N) is 1. The van der Waals surface area contributed by atoms with Crippen molar-refractivity contribution in [1.29, 1.82) is 0 Å². The third-order valence-corrected chi connectivity index (χ3v) is 1.22. The van der Waals surface area contributed by atoms with E-state index in [-0.39, 0.29) is 0 Å². The summed E-state index contributed by atoms with van der Waals surface area (Å²) in [6.07, 6.45) is 4.44. The van der Waals surface area contributed by atoms with Crippen LogP contribution in [0.5, 0.6) is 0 Å². The minimum atomic E-state index is 0.752. The highest BCUT2D eigenvalue weighted by Gasteiger charge is 1.82. The van der Waals surface area contributed by atoms with Gasteiger partial charge in [0, 0.05) is 11.9 Å². The van der Waals surface area contributed by atoms with E-state index in [1.807, 2.05) is 6.07 Å². The Morgan fingerprint density at radius 1 is 1.75 bits per heavy atom. The van der Waals surface area contributed by atoms with Crippen molar-refractivity contribution in [2.45, 2.75) is 5.75 Å². The third-order valence-electron chi connectivity index (χ3n) is 0.859. The Morgan fingerprint density at radius 3 is 3.00 bits per heavy atom. The van der Waals surface area contributed by atoms with Gasteiger partial charge in [-0.3, -0.25) is 4.98 Å². The van der Waals surface area contributed by atoms with Crippen molar-refractivity contribution in [3.8, 4) is 0 Å². The van der Waals surface area contributed by atoms with Gasteiger partial charge < -0.3 is 0 Å². The van der Waals surface area contributed by atoms with E-state index < -0.39 is 0 Å². The molecule has 0 aliphatic rings. The molecule has 0 atom stereocenters. The minimum absolute atomic E-state index is 0.752. The Hall–Kier alpha value is -0.500. The number of hydrogen-bond donors (Lipinski definition) is 1. The highest BCUT2D eigenvalue weighted by molar-refractivity contribution is 7.79. The monoisotopic (exact) mass is 124 g/mol. The molecule has 0 saturated carbocycles. The second-order valence-corrected chi connectivity index (χ2v) is 1.77. The molecule has 1 aromatic heterocycles. The largest absolute Gasteiger partial charge is 0.254 e. The van der Waals surface area contributed by atoms with Crippen LogP contribution in [0.25, 0.3) is 0 Å². The van der Waals surface area contributed by atoms with Crippen LogP contribution in [0, 0.1) is 6.20 Å². The Morgan fingerprint density at radius 2 is 2.62 bits per heavy atom. The van der Waals surface area contributed by atoms with Crippen LogP contribution in [-0.2, 0) is 5.75 Å². The number of rotatable bonds is 1. The molecule has 1 nitrogen and oxygen atoms in total. The van der Waals surface area contributed by atoms with E-state index in [4.69, 9.17) is 0 Å². The number of aromatic nitrogens is 1. The molecule has 0 saturated heterocycles. The number of hydrogen-bond acceptors (Lipinski definition) is 2. The van der Waals surface area contributed by atoms with Crippen molar-refractivity contribution < 1.29 is 0 Å². The van der Waals surface area contributed by atoms with Gasteiger partial charge in [-0.25, -0.2) is 0 Å². The molecular weight excluding hydrogens is 118 g/mol. The Balaban J connectivity index is 2.83. The predicted octanol–water partition coefficient (Wildman–Crippen LogP) is 1.31. The summed E-state index contributed by atoms with van der Waals surface area (Å²) in [4.78, 5) is 3.78. The molecule has 1 heterocycles. The lowest BCUT2D eigenvalue weighted by Gasteiger charge is -1.87. The van der Waals surface area contributed by atoms with Crippen molar-refractivity contribution in [2.75, 3.05) is 0 Å². The lowest BCUT2D eigenvalue weighted by atomic mass is 10.3. The molecule has 41 valence electrons. The summed E-state index contributed by atoms with van der Waals surface area (Å²) in [5.41, 5.74) is 1.13. The highest BCUT2D eigenvalue weighted by Crippen LogP contribution is 1.97. The Labute approximate surface area is 54.2 Å². The van der Waals surface area contributed by atoms with Gasteiger partial charge in [0.25, 0.3) is 0 Å². The fourth-order valence-electron chi connectivity index (χ4n) is 0.444. The normalized spacial score (nSPS) is 9.12. The van der Waals surface area contributed by atoms with Crippen LogP contribution < -0.4 is 0 Å². The maximum absolute atomic E-state index is 4.06. The number of pyridine rings is 1. The fraction of sp³-hybridized carbons (Fsp3) is 0.167. The van der Waals surface area contributed by atoms with Crippen molar-refractivity contribution in [1.82, 2.24) is 4.98 Å². The fourth-order valence-corrected chi connectivity index (χ4v) is 0.631. The van der Waals surface area contributed by atoms with Gasteiger partial charge in [0.05, 0.1) is 6.20 Å². The predicted molar refractivity (Wildman–Crippen MR) is 35.8 cm³/mol. The van der Waals surface area contributed by atoms with Gasteiger partial charge in [0.1, 0.15) is 0 Å². The molecule has 0 aliphatic carbocycles. The Bertz CT molecular complexity index is 150. The van der Waals surface area contributed by atoms with Crippen LogP contribution in [0.4, 0.5) is 0 Å². The molecule has 0 aromatic carbocycles. The van der Waals surface area contributed by atoms with E-state index >= 15 is 0 Å². The van der Waals surface area contributed by atoms with Crippen molar-refractivity contribution in [3.05, 3.63) is 30.1 Å². The zero-order valence-corrected chi connectivity index (χ0v) is 5.23. The molecule has 2 heteroatoms. The molecule has 0 fully saturated rings. The molecule has 0 spiro atoms. The molecule has 0 bridgehead atoms. The van der Waals surface area contributed by atoms with E-state index in [0.717, 1.165) is 11.3 Å².